The van der Waals surface area contributed by atoms with Crippen LogP contribution in [0.5, 0.6) is 0 Å². The van der Waals surface area contributed by atoms with Crippen molar-refractivity contribution in [2.24, 2.45) is 0 Å². The van der Waals surface area contributed by atoms with Gasteiger partial charge < -0.3 is 9.84 Å². The van der Waals surface area contributed by atoms with Crippen molar-refractivity contribution in [3.8, 4) is 11.5 Å². The van der Waals surface area contributed by atoms with Crippen LogP contribution in [0.25, 0.3) is 11.5 Å². The molecule has 0 spiro atoms. The normalized spacial score (nSPS) is 12.0. The van der Waals surface area contributed by atoms with Gasteiger partial charge in [-0.25, -0.2) is 4.68 Å². The lowest BCUT2D eigenvalue weighted by molar-refractivity contribution is -0.122. The van der Waals surface area contributed by atoms with Gasteiger partial charge in [-0.1, -0.05) is 11.2 Å². The molecule has 0 aliphatic rings. The van der Waals surface area contributed by atoms with Gasteiger partial charge in [0.05, 0.1) is 0 Å². The summed E-state index contributed by atoms with van der Waals surface area (Å²) in [6, 6.07) is 5.06. The fraction of sp³-hybridized carbons (Fsp3) is 0.357. The topological polar surface area (TPSA) is 125 Å². The number of carbonyl (C=O) groups excluding carboxylic acids is 1. The minimum absolute atomic E-state index is 0.104. The lowest BCUT2D eigenvalue weighted by atomic mass is 10.2. The predicted molar refractivity (Wildman–Crippen MR) is 81.1 cm³/mol. The third-order valence-corrected chi connectivity index (χ3v) is 3.27. The maximum absolute atomic E-state index is 12.0. The van der Waals surface area contributed by atoms with Crippen LogP contribution in [-0.4, -0.2) is 41.2 Å². The first kappa shape index (κ1) is 15.7. The molecule has 24 heavy (non-hydrogen) atoms. The molecule has 3 heterocycles. The van der Waals surface area contributed by atoms with Crippen molar-refractivity contribution in [3.05, 3.63) is 36.6 Å². The molecular formula is C14H16N8O2. The van der Waals surface area contributed by atoms with Crippen molar-refractivity contribution in [1.82, 2.24) is 40.6 Å². The first-order chi connectivity index (χ1) is 11.7. The van der Waals surface area contributed by atoms with Gasteiger partial charge in [0.25, 0.3) is 0 Å². The van der Waals surface area contributed by atoms with Gasteiger partial charge in [0.1, 0.15) is 18.1 Å². The van der Waals surface area contributed by atoms with Crippen molar-refractivity contribution in [2.75, 3.05) is 0 Å². The molecule has 3 rings (SSSR count). The average Bonchev–Trinajstić information content (AvgIpc) is 3.27. The molecular weight excluding hydrogens is 312 g/mol. The van der Waals surface area contributed by atoms with Crippen LogP contribution in [-0.2, 0) is 11.3 Å². The monoisotopic (exact) mass is 328 g/mol. The molecule has 124 valence electrons. The number of aryl methyl sites for hydroxylation is 1. The lowest BCUT2D eigenvalue weighted by Gasteiger charge is -2.09. The van der Waals surface area contributed by atoms with E-state index in [1.54, 1.807) is 23.9 Å². The van der Waals surface area contributed by atoms with Gasteiger partial charge >= 0.3 is 0 Å². The highest BCUT2D eigenvalue weighted by Crippen LogP contribution is 2.16. The van der Waals surface area contributed by atoms with E-state index in [4.69, 9.17) is 4.52 Å². The second-order valence-electron chi connectivity index (χ2n) is 5.14. The van der Waals surface area contributed by atoms with Crippen molar-refractivity contribution >= 4 is 5.91 Å². The van der Waals surface area contributed by atoms with Crippen LogP contribution in [0.4, 0.5) is 0 Å². The molecule has 0 aliphatic heterocycles. The molecule has 1 atom stereocenters. The number of nitrogens with zero attached hydrogens (tertiary/aromatic N) is 7. The highest BCUT2D eigenvalue weighted by Gasteiger charge is 2.17. The molecule has 3 aromatic heterocycles. The highest BCUT2D eigenvalue weighted by atomic mass is 16.5. The smallest absolute Gasteiger partial charge is 0.249 e. The lowest BCUT2D eigenvalue weighted by Crippen LogP contribution is -2.26. The standard InChI is InChI=1S/C14H16N8O2/c1-10(17-12(23)6-4-8-22-9-16-20-21-22)14-18-13(19-24-14)11-5-2-3-7-15-11/h2-3,5,7,9-10H,4,6,8H2,1H3,(H,17,23)/t10-/m0/s1. The SMILES string of the molecule is C[C@H](NC(=O)CCCn1cnnn1)c1nc(-c2ccccn2)no1. The Morgan fingerprint density at radius 1 is 1.42 bits per heavy atom. The first-order valence-electron chi connectivity index (χ1n) is 7.47. The Morgan fingerprint density at radius 3 is 3.08 bits per heavy atom. The van der Waals surface area contributed by atoms with Crippen LogP contribution in [0.2, 0.25) is 0 Å². The van der Waals surface area contributed by atoms with Crippen LogP contribution in [0, 0.1) is 0 Å². The Bertz CT molecular complexity index is 771. The first-order valence-corrected chi connectivity index (χ1v) is 7.47. The number of pyridine rings is 1. The third kappa shape index (κ3) is 3.97. The molecule has 10 nitrogen and oxygen atoms in total. The van der Waals surface area contributed by atoms with Gasteiger partial charge in [-0.15, -0.1) is 5.10 Å². The van der Waals surface area contributed by atoms with Crippen molar-refractivity contribution in [1.29, 1.82) is 0 Å². The summed E-state index contributed by atoms with van der Waals surface area (Å²) in [6.45, 7) is 2.37. The van der Waals surface area contributed by atoms with Gasteiger partial charge in [-0.3, -0.25) is 9.78 Å². The number of aromatic nitrogens is 7. The molecule has 3 aromatic rings. The Balaban J connectivity index is 1.50. The summed E-state index contributed by atoms with van der Waals surface area (Å²) in [7, 11) is 0. The molecule has 1 amide bonds. The van der Waals surface area contributed by atoms with E-state index in [1.807, 2.05) is 12.1 Å². The summed E-state index contributed by atoms with van der Waals surface area (Å²) in [6.07, 6.45) is 4.15. The van der Waals surface area contributed by atoms with E-state index in [2.05, 4.69) is 36.0 Å². The fourth-order valence-corrected chi connectivity index (χ4v) is 2.07. The molecule has 0 aliphatic carbocycles. The second-order valence-corrected chi connectivity index (χ2v) is 5.14. The van der Waals surface area contributed by atoms with E-state index in [1.165, 1.54) is 6.33 Å². The summed E-state index contributed by atoms with van der Waals surface area (Å²) in [5, 5.41) is 17.5. The Morgan fingerprint density at radius 2 is 2.33 bits per heavy atom. The van der Waals surface area contributed by atoms with Crippen molar-refractivity contribution in [2.45, 2.75) is 32.4 Å². The summed E-state index contributed by atoms with van der Waals surface area (Å²) in [5.74, 6) is 0.628. The molecule has 0 fully saturated rings. The zero-order valence-corrected chi connectivity index (χ0v) is 13.0. The highest BCUT2D eigenvalue weighted by molar-refractivity contribution is 5.76. The van der Waals surface area contributed by atoms with Crippen LogP contribution in [0.1, 0.15) is 31.7 Å². The van der Waals surface area contributed by atoms with Gasteiger partial charge in [-0.2, -0.15) is 4.98 Å². The Hall–Kier alpha value is -3.17. The van der Waals surface area contributed by atoms with E-state index in [-0.39, 0.29) is 11.9 Å². The fourth-order valence-electron chi connectivity index (χ4n) is 2.07. The minimum atomic E-state index is -0.379. The second kappa shape index (κ2) is 7.40. The minimum Gasteiger partial charge on any atom is -0.345 e. The average molecular weight is 328 g/mol. The summed E-state index contributed by atoms with van der Waals surface area (Å²) < 4.78 is 6.78. The Labute approximate surface area is 137 Å². The zero-order valence-electron chi connectivity index (χ0n) is 13.0. The number of carbonyl (C=O) groups is 1. The van der Waals surface area contributed by atoms with Gasteiger partial charge in [0, 0.05) is 19.2 Å². The van der Waals surface area contributed by atoms with E-state index in [0.29, 0.717) is 36.8 Å². The Kier molecular flexibility index (Phi) is 4.84. The predicted octanol–water partition coefficient (Wildman–Crippen LogP) is 0.776. The number of amides is 1. The van der Waals surface area contributed by atoms with E-state index in [0.717, 1.165) is 0 Å². The molecule has 0 aromatic carbocycles. The van der Waals surface area contributed by atoms with Crippen LogP contribution in [0.15, 0.2) is 35.2 Å². The molecule has 10 heteroatoms. The van der Waals surface area contributed by atoms with Gasteiger partial charge in [-0.05, 0) is 35.9 Å². The number of nitrogens with one attached hydrogen (secondary N) is 1. The molecule has 0 saturated carbocycles. The van der Waals surface area contributed by atoms with Crippen LogP contribution < -0.4 is 5.32 Å². The molecule has 0 radical (unpaired) electrons. The van der Waals surface area contributed by atoms with Gasteiger partial charge in [0.2, 0.25) is 17.6 Å². The van der Waals surface area contributed by atoms with E-state index < -0.39 is 0 Å². The number of tetrazole rings is 1. The number of rotatable bonds is 7. The van der Waals surface area contributed by atoms with Crippen LogP contribution in [0.3, 0.4) is 0 Å². The van der Waals surface area contributed by atoms with E-state index >= 15 is 0 Å². The van der Waals surface area contributed by atoms with Crippen molar-refractivity contribution < 1.29 is 9.32 Å². The quantitative estimate of drug-likeness (QED) is 0.674. The van der Waals surface area contributed by atoms with E-state index in [9.17, 15) is 4.79 Å². The van der Waals surface area contributed by atoms with Gasteiger partial charge in [0.15, 0.2) is 0 Å². The molecule has 0 bridgehead atoms. The summed E-state index contributed by atoms with van der Waals surface area (Å²) >= 11 is 0. The molecule has 1 N–H and O–H groups in total. The summed E-state index contributed by atoms with van der Waals surface area (Å²) in [5.41, 5.74) is 0.618. The third-order valence-electron chi connectivity index (χ3n) is 3.27. The number of hydrogen-bond donors (Lipinski definition) is 1. The zero-order chi connectivity index (χ0) is 16.8. The maximum atomic E-state index is 12.0. The molecule has 0 unspecified atom stereocenters. The molecule has 0 saturated heterocycles. The maximum Gasteiger partial charge on any atom is 0.249 e. The summed E-state index contributed by atoms with van der Waals surface area (Å²) in [4.78, 5) is 20.4. The van der Waals surface area contributed by atoms with Crippen LogP contribution >= 0.6 is 0 Å². The number of hydrogen-bond acceptors (Lipinski definition) is 8. The largest absolute Gasteiger partial charge is 0.345 e. The van der Waals surface area contributed by atoms with Crippen molar-refractivity contribution in [3.63, 3.8) is 0 Å².